The Morgan fingerprint density at radius 2 is 1.13 bits per heavy atom. The van der Waals surface area contributed by atoms with Crippen molar-refractivity contribution >= 4 is 72.3 Å². The van der Waals surface area contributed by atoms with Crippen LogP contribution in [0, 0.1) is 11.3 Å². The second-order valence-corrected chi connectivity index (χ2v) is 29.3. The van der Waals surface area contributed by atoms with E-state index in [2.05, 4.69) is 213 Å². The number of benzene rings is 4. The Morgan fingerprint density at radius 1 is 0.623 bits per heavy atom. The van der Waals surface area contributed by atoms with Gasteiger partial charge in [-0.05, 0) is 206 Å². The van der Waals surface area contributed by atoms with E-state index in [-0.39, 0.29) is 44.6 Å². The number of hydrogen-bond acceptors (Lipinski definition) is 3. The van der Waals surface area contributed by atoms with Crippen LogP contribution in [0.15, 0.2) is 78.0 Å². The number of anilines is 5. The van der Waals surface area contributed by atoms with E-state index in [0.717, 1.165) is 12.8 Å². The Kier molecular flexibility index (Phi) is 10.3. The molecule has 0 amide bonds. The van der Waals surface area contributed by atoms with Crippen molar-refractivity contribution in [3.8, 4) is 0 Å². The summed E-state index contributed by atoms with van der Waals surface area (Å²) in [5.41, 5.74) is 24.1. The lowest BCUT2D eigenvalue weighted by Crippen LogP contribution is -2.61. The molecule has 2 nitrogen and oxygen atoms in total. The van der Waals surface area contributed by atoms with Gasteiger partial charge in [-0.1, -0.05) is 142 Å². The minimum absolute atomic E-state index is 0.0811. The van der Waals surface area contributed by atoms with Crippen LogP contribution in [0.4, 0.5) is 28.4 Å². The SMILES string of the molecule is CCC(C)c1cc2c3c(c1)N(c1ccc4c(c1)C(C)(C)CCC4(C)C)c1c(sc4cc5c(cc14)C(C)(C)CCC5(C)C)B3c1cc3c(cc1N2C1=CCC(C(C)(C)C)C=C1C)C(C)(C)CCC3(C)C. The van der Waals surface area contributed by atoms with Crippen LogP contribution in [0.1, 0.15) is 221 Å². The molecule has 11 rings (SSSR count). The van der Waals surface area contributed by atoms with Crippen LogP contribution in [0.5, 0.6) is 0 Å². The Balaban J connectivity index is 1.29. The van der Waals surface area contributed by atoms with Gasteiger partial charge in [0.05, 0.1) is 5.69 Å². The number of thiophene rings is 1. The quantitative estimate of drug-likeness (QED) is 0.163. The summed E-state index contributed by atoms with van der Waals surface area (Å²) in [6.07, 6.45) is 14.6. The van der Waals surface area contributed by atoms with E-state index in [0.29, 0.717) is 11.8 Å². The standard InChI is InChI=1S/C65H83BN2S/c1-19-38(2)40-31-53-56-54(32-40)68(51-23-20-41(30-39(51)3)59(4,5)6)52-36-48-47(63(13,14)27-28-64(48,15)16)35-50(52)66(56)58-57(43-34-46-49(37-55(43)69-58)65(17,18)29-26-62(46,11)12)67(53)42-21-22-44-45(33-42)61(9,10)25-24-60(44,7)8/h21-23,30-38,41H,19-20,24-29H2,1-18H3. The van der Waals surface area contributed by atoms with Crippen molar-refractivity contribution in [3.05, 3.63) is 117 Å². The molecule has 2 atom stereocenters. The molecule has 362 valence electrons. The first-order valence-electron chi connectivity index (χ1n) is 27.2. The molecule has 6 aliphatic rings. The molecule has 69 heavy (non-hydrogen) atoms. The Labute approximate surface area is 422 Å². The average Bonchev–Trinajstić information content (AvgIpc) is 3.65. The summed E-state index contributed by atoms with van der Waals surface area (Å²) in [5, 5.41) is 1.43. The molecule has 4 heteroatoms. The molecule has 0 N–H and O–H groups in total. The van der Waals surface area contributed by atoms with Gasteiger partial charge >= 0.3 is 0 Å². The van der Waals surface area contributed by atoms with Crippen LogP contribution in [0.2, 0.25) is 0 Å². The number of rotatable bonds is 4. The second-order valence-electron chi connectivity index (χ2n) is 28.2. The Bertz CT molecular complexity index is 3060. The molecule has 1 aromatic heterocycles. The van der Waals surface area contributed by atoms with Crippen LogP contribution in [-0.4, -0.2) is 6.71 Å². The highest BCUT2D eigenvalue weighted by atomic mass is 32.1. The molecule has 4 aliphatic carbocycles. The van der Waals surface area contributed by atoms with E-state index in [9.17, 15) is 0 Å². The highest BCUT2D eigenvalue weighted by Gasteiger charge is 2.50. The van der Waals surface area contributed by atoms with Crippen molar-refractivity contribution in [1.82, 2.24) is 0 Å². The molecule has 5 aromatic rings. The molecule has 0 saturated carbocycles. The van der Waals surface area contributed by atoms with Gasteiger partial charge in [-0.3, -0.25) is 0 Å². The van der Waals surface area contributed by atoms with Crippen molar-refractivity contribution in [2.45, 2.75) is 214 Å². The fraction of sp³-hybridized carbons (Fsp3) is 0.538. The third kappa shape index (κ3) is 7.03. The van der Waals surface area contributed by atoms with Crippen molar-refractivity contribution < 1.29 is 0 Å². The largest absolute Gasteiger partial charge is 0.311 e. The van der Waals surface area contributed by atoms with Gasteiger partial charge in [0, 0.05) is 43.3 Å². The molecular formula is C65H83BN2S. The minimum atomic E-state index is 0.0811. The van der Waals surface area contributed by atoms with Gasteiger partial charge in [-0.2, -0.15) is 0 Å². The van der Waals surface area contributed by atoms with Crippen molar-refractivity contribution in [2.75, 3.05) is 9.80 Å². The van der Waals surface area contributed by atoms with Gasteiger partial charge in [0.15, 0.2) is 0 Å². The zero-order valence-corrected chi connectivity index (χ0v) is 46.9. The lowest BCUT2D eigenvalue weighted by molar-refractivity contribution is 0.291. The topological polar surface area (TPSA) is 6.48 Å². The number of allylic oxidation sites excluding steroid dienone is 3. The van der Waals surface area contributed by atoms with E-state index >= 15 is 0 Å². The van der Waals surface area contributed by atoms with E-state index in [1.807, 2.05) is 0 Å². The molecule has 2 aliphatic heterocycles. The molecule has 0 saturated heterocycles. The predicted octanol–water partition coefficient (Wildman–Crippen LogP) is 17.1. The maximum atomic E-state index is 2.81. The van der Waals surface area contributed by atoms with Crippen molar-refractivity contribution in [2.24, 2.45) is 11.3 Å². The molecular weight excluding hydrogens is 852 g/mol. The zero-order chi connectivity index (χ0) is 49.5. The summed E-state index contributed by atoms with van der Waals surface area (Å²) in [6.45, 7) is 44.7. The van der Waals surface area contributed by atoms with Crippen LogP contribution in [-0.2, 0) is 32.5 Å². The van der Waals surface area contributed by atoms with E-state index in [4.69, 9.17) is 0 Å². The van der Waals surface area contributed by atoms with Gasteiger partial charge in [0.25, 0.3) is 6.71 Å². The third-order valence-corrected chi connectivity index (χ3v) is 20.9. The minimum Gasteiger partial charge on any atom is -0.311 e. The van der Waals surface area contributed by atoms with Gasteiger partial charge in [-0.25, -0.2) is 0 Å². The van der Waals surface area contributed by atoms with E-state index in [1.54, 1.807) is 22.3 Å². The molecule has 0 bridgehead atoms. The summed E-state index contributed by atoms with van der Waals surface area (Å²) in [7, 11) is 0. The molecule has 3 heterocycles. The van der Waals surface area contributed by atoms with Gasteiger partial charge in [0.2, 0.25) is 0 Å². The molecule has 0 fully saturated rings. The second kappa shape index (κ2) is 15.0. The molecule has 4 aromatic carbocycles. The zero-order valence-electron chi connectivity index (χ0n) is 46.0. The lowest BCUT2D eigenvalue weighted by atomic mass is 9.35. The monoisotopic (exact) mass is 935 g/mol. The molecule has 0 radical (unpaired) electrons. The fourth-order valence-electron chi connectivity index (χ4n) is 14.1. The predicted molar refractivity (Wildman–Crippen MR) is 304 cm³/mol. The first kappa shape index (κ1) is 47.3. The van der Waals surface area contributed by atoms with Crippen LogP contribution in [0.25, 0.3) is 10.1 Å². The Morgan fingerprint density at radius 3 is 1.68 bits per heavy atom. The fourth-order valence-corrected chi connectivity index (χ4v) is 15.5. The first-order chi connectivity index (χ1) is 32.1. The van der Waals surface area contributed by atoms with Crippen LogP contribution in [0.3, 0.4) is 0 Å². The van der Waals surface area contributed by atoms with Gasteiger partial charge < -0.3 is 9.80 Å². The highest BCUT2D eigenvalue weighted by molar-refractivity contribution is 7.33. The molecule has 2 unspecified atom stereocenters. The summed E-state index contributed by atoms with van der Waals surface area (Å²) in [4.78, 5) is 5.60. The summed E-state index contributed by atoms with van der Waals surface area (Å²) >= 11 is 2.11. The number of nitrogens with zero attached hydrogens (tertiary/aromatic N) is 2. The maximum absolute atomic E-state index is 2.81. The van der Waals surface area contributed by atoms with E-state index < -0.39 is 0 Å². The maximum Gasteiger partial charge on any atom is 0.264 e. The number of hydrogen-bond donors (Lipinski definition) is 0. The van der Waals surface area contributed by atoms with Crippen molar-refractivity contribution in [1.29, 1.82) is 0 Å². The third-order valence-electron chi connectivity index (χ3n) is 19.7. The smallest absolute Gasteiger partial charge is 0.264 e. The average molecular weight is 935 g/mol. The van der Waals surface area contributed by atoms with Crippen molar-refractivity contribution in [3.63, 3.8) is 0 Å². The van der Waals surface area contributed by atoms with Crippen LogP contribution < -0.4 is 25.5 Å². The van der Waals surface area contributed by atoms with Gasteiger partial charge in [0.1, 0.15) is 0 Å². The summed E-state index contributed by atoms with van der Waals surface area (Å²) in [5.74, 6) is 0.900. The normalized spacial score (nSPS) is 23.4. The summed E-state index contributed by atoms with van der Waals surface area (Å²) in [6, 6.07) is 23.9. The van der Waals surface area contributed by atoms with Crippen LogP contribution >= 0.6 is 11.3 Å². The lowest BCUT2D eigenvalue weighted by Gasteiger charge is -2.48. The van der Waals surface area contributed by atoms with E-state index in [1.165, 1.54) is 121 Å². The molecule has 0 spiro atoms. The number of fused-ring (bicyclic) bond motifs is 9. The van der Waals surface area contributed by atoms with Gasteiger partial charge in [-0.15, -0.1) is 11.3 Å². The summed E-state index contributed by atoms with van der Waals surface area (Å²) < 4.78 is 2.95. The highest BCUT2D eigenvalue weighted by Crippen LogP contribution is 2.56. The first-order valence-corrected chi connectivity index (χ1v) is 28.0. The Hall–Kier alpha value is -4.02.